The number of ether oxygens (including phenoxy) is 2. The molecule has 5 heteroatoms. The summed E-state index contributed by atoms with van der Waals surface area (Å²) in [7, 11) is 0. The van der Waals surface area contributed by atoms with E-state index in [0.717, 1.165) is 45.9 Å². The topological polar surface area (TPSA) is 50.8 Å². The Balaban J connectivity index is 2.14. The molecule has 25 heavy (non-hydrogen) atoms. The molecule has 1 heterocycles. The molecule has 1 aliphatic heterocycles. The predicted molar refractivity (Wildman–Crippen MR) is 103 cm³/mol. The van der Waals surface area contributed by atoms with Crippen LogP contribution in [0.3, 0.4) is 0 Å². The molecule has 0 aromatic rings. The van der Waals surface area contributed by atoms with E-state index in [2.05, 4.69) is 31.0 Å². The minimum absolute atomic E-state index is 0.0744. The summed E-state index contributed by atoms with van der Waals surface area (Å²) < 4.78 is 11.6. The molecule has 1 saturated heterocycles. The van der Waals surface area contributed by atoms with Crippen molar-refractivity contribution in [2.45, 2.75) is 66.9 Å². The molecule has 0 aromatic carbocycles. The zero-order chi connectivity index (χ0) is 18.9. The van der Waals surface area contributed by atoms with Gasteiger partial charge in [-0.1, -0.05) is 48.0 Å². The number of morpholine rings is 1. The third-order valence-electron chi connectivity index (χ3n) is 5.05. The molecule has 0 spiro atoms. The highest BCUT2D eigenvalue weighted by Gasteiger charge is 2.24. The Morgan fingerprint density at radius 1 is 1.24 bits per heavy atom. The highest BCUT2D eigenvalue weighted by molar-refractivity contribution is 5.81. The standard InChI is InChI=1S/C20H40N2O3/c1-7-20(5,6)9-8-12-24-13-10-22-11-14-25-17(16-22)15-21-18(23)19(2,3)4/h17H,7-16H2,1-6H3,(H,21,23). The van der Waals surface area contributed by atoms with Crippen LogP contribution < -0.4 is 5.32 Å². The fraction of sp³-hybridized carbons (Fsp3) is 0.950. The van der Waals surface area contributed by atoms with Crippen molar-refractivity contribution in [3.05, 3.63) is 0 Å². The maximum atomic E-state index is 12.0. The van der Waals surface area contributed by atoms with Crippen LogP contribution in [0, 0.1) is 10.8 Å². The Hall–Kier alpha value is -0.650. The fourth-order valence-corrected chi connectivity index (χ4v) is 2.70. The third kappa shape index (κ3) is 9.57. The van der Waals surface area contributed by atoms with Crippen molar-refractivity contribution >= 4 is 5.91 Å². The molecule has 148 valence electrons. The molecule has 1 amide bonds. The van der Waals surface area contributed by atoms with Crippen LogP contribution >= 0.6 is 0 Å². The van der Waals surface area contributed by atoms with Gasteiger partial charge < -0.3 is 14.8 Å². The van der Waals surface area contributed by atoms with Crippen molar-refractivity contribution in [2.24, 2.45) is 10.8 Å². The van der Waals surface area contributed by atoms with E-state index in [4.69, 9.17) is 9.47 Å². The lowest BCUT2D eigenvalue weighted by Gasteiger charge is -2.33. The average molecular weight is 357 g/mol. The lowest BCUT2D eigenvalue weighted by atomic mass is 9.85. The van der Waals surface area contributed by atoms with E-state index in [-0.39, 0.29) is 17.4 Å². The van der Waals surface area contributed by atoms with Crippen LogP contribution in [0.2, 0.25) is 0 Å². The minimum atomic E-state index is -0.353. The van der Waals surface area contributed by atoms with Gasteiger partial charge in [-0.3, -0.25) is 9.69 Å². The molecule has 0 radical (unpaired) electrons. The number of carbonyl (C=O) groups is 1. The van der Waals surface area contributed by atoms with Crippen LogP contribution in [0.15, 0.2) is 0 Å². The summed E-state index contributed by atoms with van der Waals surface area (Å²) in [5, 5.41) is 2.99. The van der Waals surface area contributed by atoms with E-state index in [9.17, 15) is 4.79 Å². The number of hydrogen-bond acceptors (Lipinski definition) is 4. The van der Waals surface area contributed by atoms with Crippen molar-refractivity contribution in [3.8, 4) is 0 Å². The van der Waals surface area contributed by atoms with Crippen LogP contribution in [0.1, 0.15) is 60.8 Å². The summed E-state index contributed by atoms with van der Waals surface area (Å²) in [5.41, 5.74) is 0.0762. The first-order valence-corrected chi connectivity index (χ1v) is 9.84. The van der Waals surface area contributed by atoms with E-state index in [1.54, 1.807) is 0 Å². The zero-order valence-corrected chi connectivity index (χ0v) is 17.3. The third-order valence-corrected chi connectivity index (χ3v) is 5.05. The molecule has 1 aliphatic rings. The van der Waals surface area contributed by atoms with Crippen molar-refractivity contribution in [1.29, 1.82) is 0 Å². The summed E-state index contributed by atoms with van der Waals surface area (Å²) >= 11 is 0. The predicted octanol–water partition coefficient (Wildman–Crippen LogP) is 3.08. The first-order valence-electron chi connectivity index (χ1n) is 9.84. The van der Waals surface area contributed by atoms with Gasteiger partial charge in [0.25, 0.3) is 0 Å². The number of nitrogens with zero attached hydrogens (tertiary/aromatic N) is 1. The molecule has 0 aromatic heterocycles. The van der Waals surface area contributed by atoms with Crippen molar-refractivity contribution < 1.29 is 14.3 Å². The maximum Gasteiger partial charge on any atom is 0.225 e. The minimum Gasteiger partial charge on any atom is -0.380 e. The van der Waals surface area contributed by atoms with Crippen molar-refractivity contribution in [2.75, 3.05) is 46.0 Å². The number of amides is 1. The van der Waals surface area contributed by atoms with Gasteiger partial charge in [0.2, 0.25) is 5.91 Å². The Labute approximate surface area is 154 Å². The average Bonchev–Trinajstić information content (AvgIpc) is 2.55. The Morgan fingerprint density at radius 3 is 2.60 bits per heavy atom. The number of rotatable bonds is 10. The molecule has 1 unspecified atom stereocenters. The van der Waals surface area contributed by atoms with Gasteiger partial charge in [0.05, 0.1) is 19.3 Å². The first kappa shape index (κ1) is 22.4. The Bertz CT molecular complexity index is 391. The highest BCUT2D eigenvalue weighted by Crippen LogP contribution is 2.25. The zero-order valence-electron chi connectivity index (χ0n) is 17.3. The lowest BCUT2D eigenvalue weighted by molar-refractivity contribution is -0.129. The molecular formula is C20H40N2O3. The molecule has 1 rings (SSSR count). The lowest BCUT2D eigenvalue weighted by Crippen LogP contribution is -2.49. The highest BCUT2D eigenvalue weighted by atomic mass is 16.5. The molecule has 0 aliphatic carbocycles. The molecule has 0 saturated carbocycles. The molecule has 1 N–H and O–H groups in total. The van der Waals surface area contributed by atoms with E-state index >= 15 is 0 Å². The molecule has 0 bridgehead atoms. The molecular weight excluding hydrogens is 316 g/mol. The largest absolute Gasteiger partial charge is 0.380 e. The van der Waals surface area contributed by atoms with E-state index in [1.165, 1.54) is 12.8 Å². The van der Waals surface area contributed by atoms with Gasteiger partial charge in [-0.25, -0.2) is 0 Å². The van der Waals surface area contributed by atoms with Crippen LogP contribution in [0.4, 0.5) is 0 Å². The van der Waals surface area contributed by atoms with Gasteiger partial charge in [-0.2, -0.15) is 0 Å². The Kier molecular flexibility index (Phi) is 9.39. The van der Waals surface area contributed by atoms with Crippen LogP contribution in [-0.2, 0) is 14.3 Å². The second kappa shape index (κ2) is 10.5. The van der Waals surface area contributed by atoms with E-state index in [0.29, 0.717) is 12.0 Å². The SMILES string of the molecule is CCC(C)(C)CCCOCCN1CCOC(CNC(=O)C(C)(C)C)C1. The van der Waals surface area contributed by atoms with Crippen molar-refractivity contribution in [3.63, 3.8) is 0 Å². The van der Waals surface area contributed by atoms with Gasteiger partial charge in [0.1, 0.15) is 0 Å². The van der Waals surface area contributed by atoms with E-state index in [1.807, 2.05) is 20.8 Å². The van der Waals surface area contributed by atoms with Gasteiger partial charge in [0.15, 0.2) is 0 Å². The molecule has 1 fully saturated rings. The quantitative estimate of drug-likeness (QED) is 0.611. The van der Waals surface area contributed by atoms with Gasteiger partial charge in [-0.05, 0) is 18.3 Å². The van der Waals surface area contributed by atoms with Gasteiger partial charge >= 0.3 is 0 Å². The smallest absolute Gasteiger partial charge is 0.225 e. The molecule has 1 atom stereocenters. The number of nitrogens with one attached hydrogen (secondary N) is 1. The summed E-state index contributed by atoms with van der Waals surface area (Å²) in [6, 6.07) is 0. The second-order valence-corrected chi connectivity index (χ2v) is 8.99. The van der Waals surface area contributed by atoms with Crippen LogP contribution in [0.25, 0.3) is 0 Å². The Morgan fingerprint density at radius 2 is 1.96 bits per heavy atom. The number of carbonyl (C=O) groups excluding carboxylic acids is 1. The summed E-state index contributed by atoms with van der Waals surface area (Å²) in [5.74, 6) is 0.0755. The van der Waals surface area contributed by atoms with Gasteiger partial charge in [-0.15, -0.1) is 0 Å². The van der Waals surface area contributed by atoms with Crippen molar-refractivity contribution in [1.82, 2.24) is 10.2 Å². The normalized spacial score (nSPS) is 19.8. The second-order valence-electron chi connectivity index (χ2n) is 8.99. The summed E-state index contributed by atoms with van der Waals surface area (Å²) in [4.78, 5) is 14.3. The summed E-state index contributed by atoms with van der Waals surface area (Å²) in [6.07, 6.45) is 3.64. The maximum absolute atomic E-state index is 12.0. The van der Waals surface area contributed by atoms with Crippen LogP contribution in [0.5, 0.6) is 0 Å². The van der Waals surface area contributed by atoms with E-state index < -0.39 is 0 Å². The fourth-order valence-electron chi connectivity index (χ4n) is 2.70. The number of hydrogen-bond donors (Lipinski definition) is 1. The van der Waals surface area contributed by atoms with Gasteiger partial charge in [0, 0.05) is 38.2 Å². The molecule has 5 nitrogen and oxygen atoms in total. The first-order chi connectivity index (χ1) is 11.6. The summed E-state index contributed by atoms with van der Waals surface area (Å²) in [6.45, 7) is 18.3. The monoisotopic (exact) mass is 356 g/mol. The van der Waals surface area contributed by atoms with Crippen LogP contribution in [-0.4, -0.2) is 62.9 Å².